The summed E-state index contributed by atoms with van der Waals surface area (Å²) < 4.78 is 6.24. The zero-order chi connectivity index (χ0) is 17.6. The van der Waals surface area contributed by atoms with E-state index in [0.29, 0.717) is 0 Å². The lowest BCUT2D eigenvalue weighted by Crippen LogP contribution is -2.06. The predicted octanol–water partition coefficient (Wildman–Crippen LogP) is 6.57. The van der Waals surface area contributed by atoms with Crippen molar-refractivity contribution in [1.82, 2.24) is 0 Å². The fourth-order valence-electron chi connectivity index (χ4n) is 2.82. The monoisotopic (exact) mass is 355 g/mol. The minimum Gasteiger partial charge on any atom is -0.452 e. The minimum atomic E-state index is -0.225. The lowest BCUT2D eigenvalue weighted by Gasteiger charge is -2.12. The highest BCUT2D eigenvalue weighted by Crippen LogP contribution is 2.38. The van der Waals surface area contributed by atoms with Crippen LogP contribution in [0.4, 0.5) is 0 Å². The van der Waals surface area contributed by atoms with Crippen molar-refractivity contribution in [2.45, 2.75) is 14.7 Å². The molecule has 0 N–H and O–H groups in total. The van der Waals surface area contributed by atoms with Gasteiger partial charge in [0.15, 0.2) is 15.5 Å². The highest BCUT2D eigenvalue weighted by Gasteiger charge is 2.31. The van der Waals surface area contributed by atoms with Crippen LogP contribution >= 0.6 is 0 Å². The Kier molecular flexibility index (Phi) is 5.04. The maximum atomic E-state index is 6.24. The fourth-order valence-corrected chi connectivity index (χ4v) is 4.99. The molecule has 0 aliphatic heterocycles. The summed E-state index contributed by atoms with van der Waals surface area (Å²) in [5, 5.41) is 0. The SMILES string of the molecule is c1ccc(Oc2ccccc2[S+](c2ccccc2)c2ccccc2)cc1. The summed E-state index contributed by atoms with van der Waals surface area (Å²) in [6, 6.07) is 39.5. The second-order valence-electron chi connectivity index (χ2n) is 5.79. The number of hydrogen-bond donors (Lipinski definition) is 0. The molecule has 26 heavy (non-hydrogen) atoms. The summed E-state index contributed by atoms with van der Waals surface area (Å²) in [7, 11) is -0.225. The standard InChI is InChI=1S/C24H19OS/c1-4-12-20(13-5-1)25-23-18-10-11-19-24(23)26(21-14-6-2-7-15-21)22-16-8-3-9-17-22/h1-19H/q+1. The minimum absolute atomic E-state index is 0.225. The summed E-state index contributed by atoms with van der Waals surface area (Å²) in [6.07, 6.45) is 0. The summed E-state index contributed by atoms with van der Waals surface area (Å²) in [5.74, 6) is 1.75. The third-order valence-corrected chi connectivity index (χ3v) is 6.26. The molecular weight excluding hydrogens is 336 g/mol. The Labute approximate surface area is 157 Å². The van der Waals surface area contributed by atoms with Gasteiger partial charge in [0.1, 0.15) is 16.6 Å². The molecule has 4 aromatic rings. The molecular formula is C24H19OS+. The topological polar surface area (TPSA) is 9.23 Å². The Hall–Kier alpha value is -2.97. The van der Waals surface area contributed by atoms with Gasteiger partial charge in [-0.3, -0.25) is 0 Å². The lowest BCUT2D eigenvalue weighted by molar-refractivity contribution is 0.470. The van der Waals surface area contributed by atoms with Gasteiger partial charge in [-0.05, 0) is 48.5 Å². The predicted molar refractivity (Wildman–Crippen MR) is 108 cm³/mol. The first-order valence-corrected chi connectivity index (χ1v) is 9.80. The van der Waals surface area contributed by atoms with Crippen molar-refractivity contribution >= 4 is 10.9 Å². The van der Waals surface area contributed by atoms with Gasteiger partial charge in [-0.15, -0.1) is 0 Å². The van der Waals surface area contributed by atoms with E-state index in [1.807, 2.05) is 42.5 Å². The molecule has 0 saturated carbocycles. The van der Waals surface area contributed by atoms with E-state index in [1.165, 1.54) is 14.7 Å². The van der Waals surface area contributed by atoms with E-state index in [4.69, 9.17) is 4.74 Å². The molecule has 0 aliphatic rings. The summed E-state index contributed by atoms with van der Waals surface area (Å²) >= 11 is 0. The number of rotatable bonds is 5. The average molecular weight is 355 g/mol. The van der Waals surface area contributed by atoms with E-state index in [0.717, 1.165) is 11.5 Å². The Morgan fingerprint density at radius 3 is 1.50 bits per heavy atom. The van der Waals surface area contributed by atoms with Crippen LogP contribution in [0.25, 0.3) is 0 Å². The van der Waals surface area contributed by atoms with Gasteiger partial charge in [0, 0.05) is 0 Å². The average Bonchev–Trinajstić information content (AvgIpc) is 2.72. The van der Waals surface area contributed by atoms with Gasteiger partial charge < -0.3 is 4.74 Å². The van der Waals surface area contributed by atoms with Gasteiger partial charge in [0.25, 0.3) is 0 Å². The van der Waals surface area contributed by atoms with Crippen molar-refractivity contribution in [1.29, 1.82) is 0 Å². The van der Waals surface area contributed by atoms with E-state index in [9.17, 15) is 0 Å². The van der Waals surface area contributed by atoms with Crippen molar-refractivity contribution < 1.29 is 4.74 Å². The number of ether oxygens (including phenoxy) is 1. The first-order valence-electron chi connectivity index (χ1n) is 8.58. The fraction of sp³-hybridized carbons (Fsp3) is 0. The van der Waals surface area contributed by atoms with Crippen LogP contribution in [0.15, 0.2) is 130 Å². The molecule has 1 nitrogen and oxygen atoms in total. The molecule has 0 unspecified atom stereocenters. The second-order valence-corrected chi connectivity index (χ2v) is 7.79. The van der Waals surface area contributed by atoms with E-state index < -0.39 is 0 Å². The highest BCUT2D eigenvalue weighted by atomic mass is 32.2. The first kappa shape index (κ1) is 16.5. The largest absolute Gasteiger partial charge is 0.452 e. The Morgan fingerprint density at radius 1 is 0.462 bits per heavy atom. The van der Waals surface area contributed by atoms with Crippen LogP contribution in [0.2, 0.25) is 0 Å². The molecule has 0 saturated heterocycles. The molecule has 0 heterocycles. The van der Waals surface area contributed by atoms with Gasteiger partial charge >= 0.3 is 0 Å². The normalized spacial score (nSPS) is 10.7. The number of benzene rings is 4. The van der Waals surface area contributed by atoms with Crippen LogP contribution in [0.1, 0.15) is 0 Å². The molecule has 0 aromatic heterocycles. The van der Waals surface area contributed by atoms with Crippen LogP contribution < -0.4 is 4.74 Å². The van der Waals surface area contributed by atoms with Gasteiger partial charge in [-0.25, -0.2) is 0 Å². The zero-order valence-corrected chi connectivity index (χ0v) is 15.1. The molecule has 4 rings (SSSR count). The van der Waals surface area contributed by atoms with Crippen molar-refractivity contribution in [3.63, 3.8) is 0 Å². The summed E-state index contributed by atoms with van der Waals surface area (Å²) in [5.41, 5.74) is 0. The van der Waals surface area contributed by atoms with E-state index >= 15 is 0 Å². The molecule has 0 radical (unpaired) electrons. The van der Waals surface area contributed by atoms with E-state index in [2.05, 4.69) is 72.8 Å². The van der Waals surface area contributed by atoms with Gasteiger partial charge in [0.05, 0.1) is 0 Å². The molecule has 0 spiro atoms. The molecule has 126 valence electrons. The van der Waals surface area contributed by atoms with Crippen LogP contribution in [-0.4, -0.2) is 0 Å². The van der Waals surface area contributed by atoms with Gasteiger partial charge in [0.2, 0.25) is 4.90 Å². The maximum Gasteiger partial charge on any atom is 0.208 e. The van der Waals surface area contributed by atoms with Crippen LogP contribution in [0.5, 0.6) is 11.5 Å². The molecule has 0 fully saturated rings. The number of para-hydroxylation sites is 2. The Morgan fingerprint density at radius 2 is 0.923 bits per heavy atom. The first-order chi connectivity index (χ1) is 12.9. The van der Waals surface area contributed by atoms with E-state index in [1.54, 1.807) is 0 Å². The van der Waals surface area contributed by atoms with Crippen molar-refractivity contribution in [2.75, 3.05) is 0 Å². The van der Waals surface area contributed by atoms with Gasteiger partial charge in [-0.1, -0.05) is 66.7 Å². The molecule has 0 atom stereocenters. The number of hydrogen-bond acceptors (Lipinski definition) is 1. The van der Waals surface area contributed by atoms with Crippen LogP contribution in [-0.2, 0) is 10.9 Å². The molecule has 0 amide bonds. The highest BCUT2D eigenvalue weighted by molar-refractivity contribution is 7.97. The Balaban J connectivity index is 1.82. The van der Waals surface area contributed by atoms with Crippen molar-refractivity contribution in [3.8, 4) is 11.5 Å². The van der Waals surface area contributed by atoms with Crippen LogP contribution in [0, 0.1) is 0 Å². The summed E-state index contributed by atoms with van der Waals surface area (Å²) in [4.78, 5) is 3.75. The molecule has 0 aliphatic carbocycles. The smallest absolute Gasteiger partial charge is 0.208 e. The van der Waals surface area contributed by atoms with Crippen LogP contribution in [0.3, 0.4) is 0 Å². The molecule has 2 heteroatoms. The van der Waals surface area contributed by atoms with E-state index in [-0.39, 0.29) is 10.9 Å². The molecule has 4 aromatic carbocycles. The van der Waals surface area contributed by atoms with Crippen molar-refractivity contribution in [3.05, 3.63) is 115 Å². The third-order valence-electron chi connectivity index (χ3n) is 4.00. The Bertz CT molecular complexity index is 913. The second kappa shape index (κ2) is 7.94. The maximum absolute atomic E-state index is 6.24. The quantitative estimate of drug-likeness (QED) is 0.368. The third kappa shape index (κ3) is 3.66. The summed E-state index contributed by atoms with van der Waals surface area (Å²) in [6.45, 7) is 0. The molecule has 0 bridgehead atoms. The zero-order valence-electron chi connectivity index (χ0n) is 14.3. The van der Waals surface area contributed by atoms with Crippen molar-refractivity contribution in [2.24, 2.45) is 0 Å². The lowest BCUT2D eigenvalue weighted by atomic mass is 10.3. The van der Waals surface area contributed by atoms with Gasteiger partial charge in [-0.2, -0.15) is 0 Å².